The fourth-order valence-electron chi connectivity index (χ4n) is 2.70. The van der Waals surface area contributed by atoms with E-state index in [1.165, 1.54) is 48.7 Å². The third-order valence-corrected chi connectivity index (χ3v) is 4.08. The number of hydrogen-bond acceptors (Lipinski definition) is 4. The smallest absolute Gasteiger partial charge is 0.313 e. The molecule has 0 spiro atoms. The van der Waals surface area contributed by atoms with Gasteiger partial charge in [-0.05, 0) is 36.2 Å². The summed E-state index contributed by atoms with van der Waals surface area (Å²) in [7, 11) is 0. The first kappa shape index (κ1) is 19.4. The van der Waals surface area contributed by atoms with Crippen LogP contribution >= 0.6 is 0 Å². The number of pyridine rings is 1. The van der Waals surface area contributed by atoms with E-state index in [0.29, 0.717) is 10.9 Å². The Kier molecular flexibility index (Phi) is 5.90. The van der Waals surface area contributed by atoms with Crippen molar-refractivity contribution in [1.29, 1.82) is 0 Å². The number of nitrogens with zero attached hydrogens (tertiary/aromatic N) is 1. The molecule has 0 fully saturated rings. The second-order valence-corrected chi connectivity index (χ2v) is 6.17. The van der Waals surface area contributed by atoms with Crippen LogP contribution in [0.3, 0.4) is 0 Å². The zero-order valence-corrected chi connectivity index (χ0v) is 14.7. The molecule has 144 valence electrons. The van der Waals surface area contributed by atoms with Gasteiger partial charge in [0.1, 0.15) is 17.2 Å². The lowest BCUT2D eigenvalue weighted by molar-refractivity contribution is -0.136. The Morgan fingerprint density at radius 1 is 1.07 bits per heavy atom. The van der Waals surface area contributed by atoms with Crippen molar-refractivity contribution in [1.82, 2.24) is 10.3 Å². The molecule has 3 N–H and O–H groups in total. The number of para-hydroxylation sites is 1. The number of aromatic nitrogens is 1. The van der Waals surface area contributed by atoms with Crippen LogP contribution in [-0.2, 0) is 16.0 Å². The van der Waals surface area contributed by atoms with Crippen LogP contribution in [0.5, 0.6) is 0 Å². The number of carbonyl (C=O) groups is 2. The number of hydrogen-bond donors (Lipinski definition) is 3. The highest BCUT2D eigenvalue weighted by Crippen LogP contribution is 2.18. The van der Waals surface area contributed by atoms with Crippen molar-refractivity contribution in [3.63, 3.8) is 0 Å². The second kappa shape index (κ2) is 8.53. The molecule has 0 saturated carbocycles. The number of aliphatic hydroxyl groups excluding tert-OH is 1. The number of aliphatic hydroxyl groups is 1. The van der Waals surface area contributed by atoms with E-state index in [4.69, 9.17) is 0 Å². The summed E-state index contributed by atoms with van der Waals surface area (Å²) in [5.74, 6) is -2.77. The number of halogens is 2. The number of rotatable bonds is 5. The van der Waals surface area contributed by atoms with Crippen LogP contribution in [0.25, 0.3) is 10.9 Å². The molecule has 1 atom stereocenters. The SMILES string of the molecule is O=C(Nc1cnc2c(F)cccc2c1)C(=O)NC(CO)Cc1ccc(F)cc1. The molecule has 0 aliphatic heterocycles. The highest BCUT2D eigenvalue weighted by molar-refractivity contribution is 6.39. The molecule has 1 aromatic heterocycles. The minimum atomic E-state index is -0.949. The van der Waals surface area contributed by atoms with E-state index in [2.05, 4.69) is 15.6 Å². The van der Waals surface area contributed by atoms with Gasteiger partial charge in [0.15, 0.2) is 0 Å². The van der Waals surface area contributed by atoms with E-state index in [1.54, 1.807) is 6.07 Å². The van der Waals surface area contributed by atoms with Gasteiger partial charge in [-0.2, -0.15) is 0 Å². The lowest BCUT2D eigenvalue weighted by Crippen LogP contribution is -2.44. The van der Waals surface area contributed by atoms with Crippen molar-refractivity contribution >= 4 is 28.4 Å². The molecule has 0 radical (unpaired) electrons. The predicted molar refractivity (Wildman–Crippen MR) is 99.5 cm³/mol. The molecule has 0 saturated heterocycles. The van der Waals surface area contributed by atoms with Gasteiger partial charge in [0.25, 0.3) is 0 Å². The Morgan fingerprint density at radius 2 is 1.82 bits per heavy atom. The van der Waals surface area contributed by atoms with Crippen LogP contribution < -0.4 is 10.6 Å². The average Bonchev–Trinajstić information content (AvgIpc) is 2.69. The van der Waals surface area contributed by atoms with Crippen molar-refractivity contribution in [2.24, 2.45) is 0 Å². The molecule has 1 unspecified atom stereocenters. The van der Waals surface area contributed by atoms with E-state index < -0.39 is 36.1 Å². The minimum absolute atomic E-state index is 0.157. The van der Waals surface area contributed by atoms with Gasteiger partial charge in [-0.1, -0.05) is 24.3 Å². The first-order valence-corrected chi connectivity index (χ1v) is 8.47. The second-order valence-electron chi connectivity index (χ2n) is 6.17. The van der Waals surface area contributed by atoms with Crippen molar-refractivity contribution < 1.29 is 23.5 Å². The van der Waals surface area contributed by atoms with Crippen molar-refractivity contribution in [3.05, 3.63) is 71.9 Å². The third kappa shape index (κ3) is 4.66. The summed E-state index contributed by atoms with van der Waals surface area (Å²) in [6.07, 6.45) is 1.48. The Labute approximate surface area is 159 Å². The Bertz CT molecular complexity index is 1010. The lowest BCUT2D eigenvalue weighted by atomic mass is 10.1. The number of amides is 2. The molecule has 1 heterocycles. The van der Waals surface area contributed by atoms with Gasteiger partial charge in [-0.15, -0.1) is 0 Å². The summed E-state index contributed by atoms with van der Waals surface area (Å²) in [5, 5.41) is 14.7. The number of nitrogens with one attached hydrogen (secondary N) is 2. The van der Waals surface area contributed by atoms with E-state index in [-0.39, 0.29) is 17.6 Å². The molecule has 6 nitrogen and oxygen atoms in total. The summed E-state index contributed by atoms with van der Waals surface area (Å²) in [5.41, 5.74) is 1.09. The van der Waals surface area contributed by atoms with Crippen molar-refractivity contribution in [3.8, 4) is 0 Å². The van der Waals surface area contributed by atoms with E-state index in [1.807, 2.05) is 0 Å². The van der Waals surface area contributed by atoms with Gasteiger partial charge in [-0.25, -0.2) is 8.78 Å². The summed E-state index contributed by atoms with van der Waals surface area (Å²) < 4.78 is 26.6. The highest BCUT2D eigenvalue weighted by atomic mass is 19.1. The van der Waals surface area contributed by atoms with Crippen molar-refractivity contribution in [2.75, 3.05) is 11.9 Å². The maximum Gasteiger partial charge on any atom is 0.313 e. The molecule has 28 heavy (non-hydrogen) atoms. The quantitative estimate of drug-likeness (QED) is 0.587. The van der Waals surface area contributed by atoms with Crippen LogP contribution in [0.4, 0.5) is 14.5 Å². The van der Waals surface area contributed by atoms with Gasteiger partial charge in [0, 0.05) is 5.39 Å². The predicted octanol–water partition coefficient (Wildman–Crippen LogP) is 2.17. The fraction of sp³-hybridized carbons (Fsp3) is 0.150. The zero-order chi connectivity index (χ0) is 20.1. The van der Waals surface area contributed by atoms with E-state index in [9.17, 15) is 23.5 Å². The van der Waals surface area contributed by atoms with Crippen LogP contribution in [0, 0.1) is 11.6 Å². The highest BCUT2D eigenvalue weighted by Gasteiger charge is 2.19. The summed E-state index contributed by atoms with van der Waals surface area (Å²) in [4.78, 5) is 28.2. The fourth-order valence-corrected chi connectivity index (χ4v) is 2.70. The molecule has 8 heteroatoms. The first-order valence-electron chi connectivity index (χ1n) is 8.47. The van der Waals surface area contributed by atoms with Gasteiger partial charge >= 0.3 is 11.8 Å². The summed E-state index contributed by atoms with van der Waals surface area (Å²) in [6.45, 7) is -0.396. The maximum absolute atomic E-state index is 13.6. The largest absolute Gasteiger partial charge is 0.394 e. The molecule has 0 bridgehead atoms. The van der Waals surface area contributed by atoms with Gasteiger partial charge in [0.2, 0.25) is 0 Å². The molecule has 2 amide bonds. The van der Waals surface area contributed by atoms with E-state index >= 15 is 0 Å². The van der Waals surface area contributed by atoms with Crippen LogP contribution in [0.15, 0.2) is 54.7 Å². The topological polar surface area (TPSA) is 91.3 Å². The molecule has 3 rings (SSSR count). The number of benzene rings is 2. The Morgan fingerprint density at radius 3 is 2.54 bits per heavy atom. The molecule has 3 aromatic rings. The molecular weight excluding hydrogens is 368 g/mol. The van der Waals surface area contributed by atoms with Gasteiger partial charge in [0.05, 0.1) is 24.5 Å². The number of anilines is 1. The number of fused-ring (bicyclic) bond motifs is 1. The standard InChI is InChI=1S/C20H17F2N3O3/c21-14-6-4-12(5-7-14)8-16(11-26)25-20(28)19(27)24-15-9-13-2-1-3-17(22)18(13)23-10-15/h1-7,9-10,16,26H,8,11H2,(H,24,27)(H,25,28). The summed E-state index contributed by atoms with van der Waals surface area (Å²) >= 11 is 0. The molecule has 0 aliphatic rings. The van der Waals surface area contributed by atoms with Gasteiger partial charge in [-0.3, -0.25) is 14.6 Å². The van der Waals surface area contributed by atoms with Crippen LogP contribution in [0.1, 0.15) is 5.56 Å². The maximum atomic E-state index is 13.6. The monoisotopic (exact) mass is 385 g/mol. The Balaban J connectivity index is 1.63. The molecule has 2 aromatic carbocycles. The minimum Gasteiger partial charge on any atom is -0.394 e. The van der Waals surface area contributed by atoms with Crippen LogP contribution in [-0.4, -0.2) is 34.6 Å². The summed E-state index contributed by atoms with van der Waals surface area (Å²) in [6, 6.07) is 10.8. The normalized spacial score (nSPS) is 11.8. The molecule has 0 aliphatic carbocycles. The van der Waals surface area contributed by atoms with Crippen LogP contribution in [0.2, 0.25) is 0 Å². The Hall–Kier alpha value is -3.39. The van der Waals surface area contributed by atoms with E-state index in [0.717, 1.165) is 0 Å². The zero-order valence-electron chi connectivity index (χ0n) is 14.7. The first-order chi connectivity index (χ1) is 13.5. The van der Waals surface area contributed by atoms with Crippen molar-refractivity contribution in [2.45, 2.75) is 12.5 Å². The van der Waals surface area contributed by atoms with Gasteiger partial charge < -0.3 is 15.7 Å². The molecular formula is C20H17F2N3O3. The number of carbonyl (C=O) groups excluding carboxylic acids is 2. The lowest BCUT2D eigenvalue weighted by Gasteiger charge is -2.16. The average molecular weight is 385 g/mol. The third-order valence-electron chi connectivity index (χ3n) is 4.08.